The van der Waals surface area contributed by atoms with Gasteiger partial charge in [0, 0.05) is 6.42 Å². The van der Waals surface area contributed by atoms with Crippen LogP contribution in [0.15, 0.2) is 28.8 Å². The van der Waals surface area contributed by atoms with Crippen molar-refractivity contribution < 1.29 is 8.91 Å². The number of aromatic nitrogens is 2. The molecule has 84 valence electrons. The lowest BCUT2D eigenvalue weighted by atomic mass is 10.1. The van der Waals surface area contributed by atoms with E-state index in [0.717, 1.165) is 5.56 Å². The van der Waals surface area contributed by atoms with Gasteiger partial charge >= 0.3 is 0 Å². The van der Waals surface area contributed by atoms with Crippen LogP contribution in [0.4, 0.5) is 4.39 Å². The Balaban J connectivity index is 2.14. The second-order valence-electron chi connectivity index (χ2n) is 3.64. The van der Waals surface area contributed by atoms with Crippen LogP contribution in [0.3, 0.4) is 0 Å². The Kier molecular flexibility index (Phi) is 2.96. The molecule has 0 saturated carbocycles. The Labute approximate surface area is 92.3 Å². The highest BCUT2D eigenvalue weighted by Crippen LogP contribution is 2.11. The Morgan fingerprint density at radius 1 is 1.50 bits per heavy atom. The summed E-state index contributed by atoms with van der Waals surface area (Å²) >= 11 is 0. The maximum absolute atomic E-state index is 12.9. The molecule has 0 aliphatic rings. The molecule has 0 saturated heterocycles. The monoisotopic (exact) mass is 221 g/mol. The van der Waals surface area contributed by atoms with Crippen molar-refractivity contribution in [1.82, 2.24) is 10.1 Å². The second kappa shape index (κ2) is 4.40. The molecular formula is C11H12FN3O. The molecule has 0 unspecified atom stereocenters. The molecule has 0 radical (unpaired) electrons. The predicted molar refractivity (Wildman–Crippen MR) is 56.1 cm³/mol. The molecule has 0 fully saturated rings. The first-order chi connectivity index (χ1) is 7.65. The summed E-state index contributed by atoms with van der Waals surface area (Å²) < 4.78 is 17.9. The molecule has 2 N–H and O–H groups in total. The minimum Gasteiger partial charge on any atom is -0.338 e. The minimum absolute atomic E-state index is 0.270. The molecule has 1 aromatic carbocycles. The first-order valence-electron chi connectivity index (χ1n) is 4.97. The fourth-order valence-corrected chi connectivity index (χ4v) is 1.35. The summed E-state index contributed by atoms with van der Waals surface area (Å²) in [6.45, 7) is 1.76. The number of benzene rings is 1. The molecule has 2 rings (SSSR count). The SMILES string of the molecule is C[C@@H](N)c1nc(Cc2cccc(F)c2)no1. The molecular weight excluding hydrogens is 209 g/mol. The minimum atomic E-state index is -0.284. The summed E-state index contributed by atoms with van der Waals surface area (Å²) in [5.41, 5.74) is 6.39. The highest BCUT2D eigenvalue weighted by atomic mass is 19.1. The molecule has 5 heteroatoms. The van der Waals surface area contributed by atoms with E-state index in [4.69, 9.17) is 10.3 Å². The average molecular weight is 221 g/mol. The van der Waals surface area contributed by atoms with Crippen molar-refractivity contribution >= 4 is 0 Å². The van der Waals surface area contributed by atoms with Gasteiger partial charge in [0.2, 0.25) is 5.89 Å². The summed E-state index contributed by atoms with van der Waals surface area (Å²) in [6, 6.07) is 6.02. The van der Waals surface area contributed by atoms with Crippen LogP contribution in [0.5, 0.6) is 0 Å². The first kappa shape index (κ1) is 10.8. The van der Waals surface area contributed by atoms with Gasteiger partial charge in [-0.1, -0.05) is 17.3 Å². The van der Waals surface area contributed by atoms with Gasteiger partial charge in [-0.25, -0.2) is 4.39 Å². The topological polar surface area (TPSA) is 64.9 Å². The van der Waals surface area contributed by atoms with Crippen molar-refractivity contribution in [3.8, 4) is 0 Å². The van der Waals surface area contributed by atoms with Crippen LogP contribution in [0.25, 0.3) is 0 Å². The standard InChI is InChI=1S/C11H12FN3O/c1-7(13)11-14-10(15-16-11)6-8-3-2-4-9(12)5-8/h2-5,7H,6,13H2,1H3/t7-/m1/s1. The predicted octanol–water partition coefficient (Wildman–Crippen LogP) is 1.82. The van der Waals surface area contributed by atoms with Gasteiger partial charge < -0.3 is 10.3 Å². The zero-order valence-electron chi connectivity index (χ0n) is 8.85. The van der Waals surface area contributed by atoms with Crippen molar-refractivity contribution in [2.75, 3.05) is 0 Å². The fraction of sp³-hybridized carbons (Fsp3) is 0.273. The van der Waals surface area contributed by atoms with Gasteiger partial charge in [0.25, 0.3) is 0 Å². The molecule has 4 nitrogen and oxygen atoms in total. The normalized spacial score (nSPS) is 12.7. The third-order valence-corrected chi connectivity index (χ3v) is 2.12. The molecule has 1 aromatic heterocycles. The van der Waals surface area contributed by atoms with E-state index in [2.05, 4.69) is 10.1 Å². The van der Waals surface area contributed by atoms with Crippen molar-refractivity contribution in [3.05, 3.63) is 47.4 Å². The quantitative estimate of drug-likeness (QED) is 0.858. The molecule has 0 amide bonds. The van der Waals surface area contributed by atoms with Crippen LogP contribution >= 0.6 is 0 Å². The largest absolute Gasteiger partial charge is 0.338 e. The van der Waals surface area contributed by atoms with Gasteiger partial charge in [0.15, 0.2) is 5.82 Å². The Bertz CT molecular complexity index is 482. The third kappa shape index (κ3) is 2.43. The maximum Gasteiger partial charge on any atom is 0.243 e. The van der Waals surface area contributed by atoms with Crippen LogP contribution in [0, 0.1) is 5.82 Å². The van der Waals surface area contributed by atoms with Crippen LogP contribution < -0.4 is 5.73 Å². The van der Waals surface area contributed by atoms with Crippen LogP contribution in [0.2, 0.25) is 0 Å². The zero-order valence-corrected chi connectivity index (χ0v) is 8.85. The Hall–Kier alpha value is -1.75. The second-order valence-corrected chi connectivity index (χ2v) is 3.64. The number of halogens is 1. The molecule has 1 heterocycles. The number of rotatable bonds is 3. The highest BCUT2D eigenvalue weighted by molar-refractivity contribution is 5.19. The van der Waals surface area contributed by atoms with E-state index in [9.17, 15) is 4.39 Å². The van der Waals surface area contributed by atoms with E-state index in [1.165, 1.54) is 12.1 Å². The van der Waals surface area contributed by atoms with E-state index >= 15 is 0 Å². The Morgan fingerprint density at radius 2 is 2.31 bits per heavy atom. The zero-order chi connectivity index (χ0) is 11.5. The van der Waals surface area contributed by atoms with Gasteiger partial charge in [0.1, 0.15) is 5.82 Å². The number of nitrogens with zero attached hydrogens (tertiary/aromatic N) is 2. The average Bonchev–Trinajstić information content (AvgIpc) is 2.66. The summed E-state index contributed by atoms with van der Waals surface area (Å²) in [6.07, 6.45) is 0.438. The molecule has 0 aliphatic heterocycles. The molecule has 0 bridgehead atoms. The van der Waals surface area contributed by atoms with E-state index in [0.29, 0.717) is 18.1 Å². The fourth-order valence-electron chi connectivity index (χ4n) is 1.35. The summed E-state index contributed by atoms with van der Waals surface area (Å²) in [5.74, 6) is 0.637. The van der Waals surface area contributed by atoms with Crippen LogP contribution in [-0.4, -0.2) is 10.1 Å². The smallest absolute Gasteiger partial charge is 0.243 e. The lowest BCUT2D eigenvalue weighted by Crippen LogP contribution is -2.05. The van der Waals surface area contributed by atoms with Gasteiger partial charge in [-0.15, -0.1) is 0 Å². The lowest BCUT2D eigenvalue weighted by molar-refractivity contribution is 0.357. The molecule has 0 aliphatic carbocycles. The van der Waals surface area contributed by atoms with E-state index in [1.54, 1.807) is 13.0 Å². The lowest BCUT2D eigenvalue weighted by Gasteiger charge is -1.96. The van der Waals surface area contributed by atoms with Crippen molar-refractivity contribution in [2.24, 2.45) is 5.73 Å². The van der Waals surface area contributed by atoms with Crippen LogP contribution in [-0.2, 0) is 6.42 Å². The third-order valence-electron chi connectivity index (χ3n) is 2.12. The Morgan fingerprint density at radius 3 is 2.94 bits per heavy atom. The van der Waals surface area contributed by atoms with E-state index in [1.807, 2.05) is 6.07 Å². The maximum atomic E-state index is 12.9. The summed E-state index contributed by atoms with van der Waals surface area (Å²) in [7, 11) is 0. The number of hydrogen-bond donors (Lipinski definition) is 1. The van der Waals surface area contributed by atoms with Gasteiger partial charge in [-0.05, 0) is 24.6 Å². The van der Waals surface area contributed by atoms with Gasteiger partial charge in [-0.2, -0.15) is 4.98 Å². The summed E-state index contributed by atoms with van der Waals surface area (Å²) in [4.78, 5) is 4.11. The van der Waals surface area contributed by atoms with Crippen LogP contribution in [0.1, 0.15) is 30.2 Å². The van der Waals surface area contributed by atoms with Gasteiger partial charge in [0.05, 0.1) is 6.04 Å². The van der Waals surface area contributed by atoms with E-state index < -0.39 is 0 Å². The highest BCUT2D eigenvalue weighted by Gasteiger charge is 2.10. The van der Waals surface area contributed by atoms with Gasteiger partial charge in [-0.3, -0.25) is 0 Å². The van der Waals surface area contributed by atoms with Crippen molar-refractivity contribution in [1.29, 1.82) is 0 Å². The van der Waals surface area contributed by atoms with Crippen molar-refractivity contribution in [2.45, 2.75) is 19.4 Å². The number of nitrogens with two attached hydrogens (primary N) is 1. The molecule has 2 aromatic rings. The number of hydrogen-bond acceptors (Lipinski definition) is 4. The molecule has 0 spiro atoms. The molecule has 16 heavy (non-hydrogen) atoms. The summed E-state index contributed by atoms with van der Waals surface area (Å²) in [5, 5.41) is 3.77. The molecule has 1 atom stereocenters. The van der Waals surface area contributed by atoms with Crippen molar-refractivity contribution in [3.63, 3.8) is 0 Å². The van der Waals surface area contributed by atoms with E-state index in [-0.39, 0.29) is 11.9 Å². The first-order valence-corrected chi connectivity index (χ1v) is 4.97.